The summed E-state index contributed by atoms with van der Waals surface area (Å²) < 4.78 is 13.0. The zero-order valence-corrected chi connectivity index (χ0v) is 19.8. The molecule has 31 heavy (non-hydrogen) atoms. The van der Waals surface area contributed by atoms with Gasteiger partial charge in [-0.25, -0.2) is 0 Å². The van der Waals surface area contributed by atoms with Gasteiger partial charge in [0.05, 0.1) is 17.8 Å². The summed E-state index contributed by atoms with van der Waals surface area (Å²) in [6.45, 7) is 10.9. The number of methoxy groups -OCH3 is 1. The number of nitrogens with one attached hydrogen (secondary N) is 1. The van der Waals surface area contributed by atoms with Gasteiger partial charge in [-0.1, -0.05) is 27.7 Å². The van der Waals surface area contributed by atoms with Gasteiger partial charge in [-0.2, -0.15) is 0 Å². The zero-order chi connectivity index (χ0) is 22.5. The Hall–Kier alpha value is -0.980. The molecule has 5 fully saturated rings. The van der Waals surface area contributed by atoms with E-state index >= 15 is 0 Å². The minimum atomic E-state index is -0.533. The lowest BCUT2D eigenvalue weighted by atomic mass is 9.42. The summed E-state index contributed by atoms with van der Waals surface area (Å²) in [7, 11) is 1.63. The summed E-state index contributed by atoms with van der Waals surface area (Å²) in [6, 6.07) is 0.0363. The van der Waals surface area contributed by atoms with E-state index in [2.05, 4.69) is 39.9 Å². The number of ether oxygens (including phenoxy) is 2. The first kappa shape index (κ1) is 21.8. The van der Waals surface area contributed by atoms with Crippen molar-refractivity contribution in [3.63, 3.8) is 0 Å². The van der Waals surface area contributed by atoms with Crippen LogP contribution in [0.2, 0.25) is 0 Å². The molecule has 0 aromatic rings. The molecule has 2 heterocycles. The molecule has 0 radical (unpaired) electrons. The first-order valence-corrected chi connectivity index (χ1v) is 12.2. The molecule has 11 atom stereocenters. The quantitative estimate of drug-likeness (QED) is 0.664. The monoisotopic (exact) mass is 433 g/mol. The molecule has 1 spiro atoms. The number of aliphatic hydroxyl groups is 1. The van der Waals surface area contributed by atoms with Crippen LogP contribution in [0.5, 0.6) is 0 Å². The molecule has 3 saturated carbocycles. The molecule has 0 aromatic heterocycles. The molecule has 6 nitrogen and oxygen atoms in total. The van der Waals surface area contributed by atoms with Gasteiger partial charge in [-0.15, -0.1) is 0 Å². The topological polar surface area (TPSA) is 84.9 Å². The molecule has 174 valence electrons. The van der Waals surface area contributed by atoms with Crippen LogP contribution in [0.1, 0.15) is 66.7 Å². The second-order valence-electron chi connectivity index (χ2n) is 12.1. The fraction of sp³-hybridized carbons (Fsp3) is 0.920. The zero-order valence-electron chi connectivity index (χ0n) is 19.8. The van der Waals surface area contributed by atoms with Crippen LogP contribution >= 0.6 is 0 Å². The van der Waals surface area contributed by atoms with Crippen molar-refractivity contribution in [2.45, 2.75) is 96.7 Å². The van der Waals surface area contributed by atoms with Gasteiger partial charge in [-0.3, -0.25) is 9.59 Å². The van der Waals surface area contributed by atoms with E-state index in [9.17, 15) is 14.7 Å². The summed E-state index contributed by atoms with van der Waals surface area (Å²) in [5, 5.41) is 14.3. The summed E-state index contributed by atoms with van der Waals surface area (Å²) >= 11 is 0. The van der Waals surface area contributed by atoms with Crippen LogP contribution in [0.3, 0.4) is 0 Å². The molecule has 5 aliphatic rings. The summed E-state index contributed by atoms with van der Waals surface area (Å²) in [5.41, 5.74) is -1.18. The number of hydrogen-bond acceptors (Lipinski definition) is 5. The van der Waals surface area contributed by atoms with Crippen molar-refractivity contribution >= 4 is 11.7 Å². The third-order valence-corrected chi connectivity index (χ3v) is 10.6. The van der Waals surface area contributed by atoms with Crippen LogP contribution in [-0.2, 0) is 19.1 Å². The Kier molecular flexibility index (Phi) is 4.77. The maximum atomic E-state index is 13.3. The number of ketones is 1. The van der Waals surface area contributed by atoms with Gasteiger partial charge in [0, 0.05) is 54.1 Å². The van der Waals surface area contributed by atoms with Gasteiger partial charge >= 0.3 is 0 Å². The van der Waals surface area contributed by atoms with Crippen molar-refractivity contribution in [1.82, 2.24) is 5.32 Å². The number of carbonyl (C=O) groups excluding carboxylic acids is 2. The predicted molar refractivity (Wildman–Crippen MR) is 115 cm³/mol. The van der Waals surface area contributed by atoms with Crippen molar-refractivity contribution in [2.75, 3.05) is 7.11 Å². The van der Waals surface area contributed by atoms with Crippen molar-refractivity contribution in [3.05, 3.63) is 0 Å². The van der Waals surface area contributed by atoms with Crippen molar-refractivity contribution < 1.29 is 24.2 Å². The number of Topliss-reactive ketones (excluding diaryl/α,β-unsaturated/α-hetero) is 1. The van der Waals surface area contributed by atoms with E-state index in [1.165, 1.54) is 0 Å². The molecule has 1 amide bonds. The molecular formula is C25H39NO5. The van der Waals surface area contributed by atoms with E-state index in [1.807, 2.05) is 0 Å². The van der Waals surface area contributed by atoms with Crippen LogP contribution in [0.4, 0.5) is 0 Å². The molecule has 6 heteroatoms. The third kappa shape index (κ3) is 2.61. The van der Waals surface area contributed by atoms with Crippen molar-refractivity contribution in [2.24, 2.45) is 40.4 Å². The highest BCUT2D eigenvalue weighted by Crippen LogP contribution is 2.68. The van der Waals surface area contributed by atoms with E-state index in [0.29, 0.717) is 18.8 Å². The molecule has 2 aliphatic heterocycles. The number of rotatable bonds is 1. The molecule has 0 bridgehead atoms. The predicted octanol–water partition coefficient (Wildman–Crippen LogP) is 2.71. The Morgan fingerprint density at radius 2 is 1.84 bits per heavy atom. The van der Waals surface area contributed by atoms with Crippen LogP contribution in [0.25, 0.3) is 0 Å². The average Bonchev–Trinajstić information content (AvgIpc) is 2.98. The van der Waals surface area contributed by atoms with Crippen LogP contribution in [0.15, 0.2) is 0 Å². The highest BCUT2D eigenvalue weighted by atomic mass is 16.5. The van der Waals surface area contributed by atoms with Gasteiger partial charge in [0.2, 0.25) is 5.91 Å². The van der Waals surface area contributed by atoms with Crippen molar-refractivity contribution in [1.29, 1.82) is 0 Å². The number of carbonyl (C=O) groups is 2. The van der Waals surface area contributed by atoms with Crippen LogP contribution in [-0.4, -0.2) is 53.9 Å². The fourth-order valence-electron chi connectivity index (χ4n) is 8.71. The summed E-state index contributed by atoms with van der Waals surface area (Å²) in [5.74, 6) is 0.668. The Labute approximate surface area is 185 Å². The second kappa shape index (κ2) is 6.77. The Morgan fingerprint density at radius 3 is 2.52 bits per heavy atom. The Balaban J connectivity index is 1.64. The fourth-order valence-corrected chi connectivity index (χ4v) is 8.71. The first-order valence-electron chi connectivity index (χ1n) is 12.2. The lowest BCUT2D eigenvalue weighted by molar-refractivity contribution is -0.330. The van der Waals surface area contributed by atoms with E-state index in [1.54, 1.807) is 7.11 Å². The highest BCUT2D eigenvalue weighted by molar-refractivity contribution is 5.90. The minimum absolute atomic E-state index is 0.0231. The number of amides is 1. The van der Waals surface area contributed by atoms with Gasteiger partial charge < -0.3 is 19.9 Å². The lowest BCUT2D eigenvalue weighted by Crippen LogP contribution is -2.74. The van der Waals surface area contributed by atoms with Gasteiger partial charge in [0.1, 0.15) is 6.10 Å². The molecular weight excluding hydrogens is 394 g/mol. The molecule has 5 rings (SSSR count). The van der Waals surface area contributed by atoms with Crippen LogP contribution in [0, 0.1) is 40.4 Å². The van der Waals surface area contributed by atoms with Gasteiger partial charge in [0.25, 0.3) is 0 Å². The van der Waals surface area contributed by atoms with E-state index in [-0.39, 0.29) is 52.9 Å². The number of aliphatic hydroxyl groups excluding tert-OH is 1. The average molecular weight is 434 g/mol. The van der Waals surface area contributed by atoms with Crippen molar-refractivity contribution in [3.8, 4) is 0 Å². The number of fused-ring (bicyclic) bond motifs is 3. The minimum Gasteiger partial charge on any atom is -0.393 e. The van der Waals surface area contributed by atoms with E-state index in [0.717, 1.165) is 19.3 Å². The summed E-state index contributed by atoms with van der Waals surface area (Å²) in [6.07, 6.45) is 2.83. The molecule has 11 unspecified atom stereocenters. The SMILES string of the molecule is COC1CC23OC4C(CC2(C)C(C)CCC3C(C)(C)C1=O)C(O)CC1C(=O)NC(C)C14. The Bertz CT molecular complexity index is 797. The highest BCUT2D eigenvalue weighted by Gasteiger charge is 2.72. The maximum Gasteiger partial charge on any atom is 0.223 e. The van der Waals surface area contributed by atoms with E-state index < -0.39 is 23.2 Å². The molecule has 2 N–H and O–H groups in total. The van der Waals surface area contributed by atoms with E-state index in [4.69, 9.17) is 9.47 Å². The largest absolute Gasteiger partial charge is 0.393 e. The van der Waals surface area contributed by atoms with Gasteiger partial charge in [-0.05, 0) is 38.5 Å². The van der Waals surface area contributed by atoms with Gasteiger partial charge in [0.15, 0.2) is 5.78 Å². The third-order valence-electron chi connectivity index (χ3n) is 10.6. The smallest absolute Gasteiger partial charge is 0.223 e. The normalized spacial score (nSPS) is 55.5. The molecule has 3 aliphatic carbocycles. The second-order valence-corrected chi connectivity index (χ2v) is 12.1. The Morgan fingerprint density at radius 1 is 1.13 bits per heavy atom. The van der Waals surface area contributed by atoms with Crippen LogP contribution < -0.4 is 5.32 Å². The number of hydrogen-bond donors (Lipinski definition) is 2. The maximum absolute atomic E-state index is 13.3. The molecule has 0 aromatic carbocycles. The first-order chi connectivity index (χ1) is 14.5. The summed E-state index contributed by atoms with van der Waals surface area (Å²) in [4.78, 5) is 25.9. The standard InChI is InChI=1S/C25H39NO5/c1-12-7-8-18-23(3,4)21(28)17(30-6)11-25(18)24(12,5)10-15-16(27)9-14-19(20(15)31-25)13(2)26-22(14)29/h12-20,27H,7-11H2,1-6H3,(H,26,29). The lowest BCUT2D eigenvalue weighted by Gasteiger charge is -2.70. The molecule has 2 saturated heterocycles.